The van der Waals surface area contributed by atoms with Crippen LogP contribution in [0.4, 0.5) is 0 Å². The van der Waals surface area contributed by atoms with Crippen molar-refractivity contribution in [1.29, 1.82) is 0 Å². The van der Waals surface area contributed by atoms with Gasteiger partial charge in [-0.25, -0.2) is 0 Å². The van der Waals surface area contributed by atoms with Gasteiger partial charge in [0, 0.05) is 0 Å². The van der Waals surface area contributed by atoms with Crippen molar-refractivity contribution in [1.82, 2.24) is 0 Å². The molecule has 1 nitrogen and oxygen atoms in total. The van der Waals surface area contributed by atoms with Crippen molar-refractivity contribution in [2.24, 2.45) is 17.8 Å². The number of benzene rings is 2. The predicted molar refractivity (Wildman–Crippen MR) is 86.1 cm³/mol. The first-order valence-electron chi connectivity index (χ1n) is 7.61. The highest BCUT2D eigenvalue weighted by atomic mass is 79.9. The second kappa shape index (κ2) is 5.07. The molecule has 104 valence electrons. The van der Waals surface area contributed by atoms with Crippen molar-refractivity contribution in [3.63, 3.8) is 0 Å². The first-order valence-corrected chi connectivity index (χ1v) is 8.40. The third-order valence-corrected chi connectivity index (χ3v) is 5.98. The van der Waals surface area contributed by atoms with Crippen molar-refractivity contribution >= 4 is 26.7 Å². The Morgan fingerprint density at radius 2 is 1.95 bits per heavy atom. The molecule has 2 aliphatic carbocycles. The van der Waals surface area contributed by atoms with Crippen LogP contribution >= 0.6 is 15.9 Å². The first-order chi connectivity index (χ1) is 9.81. The number of ether oxygens (including phenoxy) is 1. The molecular weight excluding hydrogens is 312 g/mol. The Bertz CT molecular complexity index is 636. The minimum Gasteiger partial charge on any atom is -0.492 e. The minimum absolute atomic E-state index is 0.784. The first kappa shape index (κ1) is 12.7. The normalized spacial score (nSPS) is 28.1. The van der Waals surface area contributed by atoms with Crippen LogP contribution in [0.25, 0.3) is 10.8 Å². The average Bonchev–Trinajstić information content (AvgIpc) is 3.09. The van der Waals surface area contributed by atoms with Gasteiger partial charge in [0.05, 0.1) is 11.1 Å². The molecule has 2 fully saturated rings. The van der Waals surface area contributed by atoms with Gasteiger partial charge in [-0.3, -0.25) is 0 Å². The summed E-state index contributed by atoms with van der Waals surface area (Å²) in [4.78, 5) is 0. The van der Waals surface area contributed by atoms with E-state index in [1.54, 1.807) is 0 Å². The lowest BCUT2D eigenvalue weighted by molar-refractivity contribution is 0.194. The van der Waals surface area contributed by atoms with Gasteiger partial charge in [0.25, 0.3) is 0 Å². The highest BCUT2D eigenvalue weighted by molar-refractivity contribution is 9.10. The van der Waals surface area contributed by atoms with Gasteiger partial charge in [-0.15, -0.1) is 0 Å². The zero-order valence-corrected chi connectivity index (χ0v) is 13.1. The molecular formula is C18H19BrO. The van der Waals surface area contributed by atoms with E-state index in [0.29, 0.717) is 0 Å². The van der Waals surface area contributed by atoms with Gasteiger partial charge in [0.1, 0.15) is 5.75 Å². The molecule has 0 aliphatic heterocycles. The van der Waals surface area contributed by atoms with E-state index in [-0.39, 0.29) is 0 Å². The standard InChI is InChI=1S/C18H19BrO/c19-18-16-4-2-1-3-13(16)7-8-17(18)20-11-15-10-12-5-6-14(15)9-12/h1-4,7-8,12,14-15H,5-6,9-11H2. The Balaban J connectivity index is 1.52. The summed E-state index contributed by atoms with van der Waals surface area (Å²) in [6.45, 7) is 0.887. The number of fused-ring (bicyclic) bond motifs is 3. The molecule has 2 heteroatoms. The molecule has 0 amide bonds. The highest BCUT2D eigenvalue weighted by Gasteiger charge is 2.39. The molecule has 0 heterocycles. The molecule has 0 saturated heterocycles. The summed E-state index contributed by atoms with van der Waals surface area (Å²) in [7, 11) is 0. The van der Waals surface area contributed by atoms with Crippen molar-refractivity contribution in [2.45, 2.75) is 25.7 Å². The number of rotatable bonds is 3. The Morgan fingerprint density at radius 1 is 1.05 bits per heavy atom. The number of halogens is 1. The fourth-order valence-electron chi connectivity index (χ4n) is 4.10. The van der Waals surface area contributed by atoms with E-state index in [1.165, 1.54) is 36.5 Å². The summed E-state index contributed by atoms with van der Waals surface area (Å²) in [5.74, 6) is 3.70. The third kappa shape index (κ3) is 2.14. The van der Waals surface area contributed by atoms with E-state index in [0.717, 1.165) is 34.6 Å². The Morgan fingerprint density at radius 3 is 2.75 bits per heavy atom. The molecule has 3 atom stereocenters. The van der Waals surface area contributed by atoms with Crippen molar-refractivity contribution in [2.75, 3.05) is 6.61 Å². The molecule has 2 aromatic carbocycles. The van der Waals surface area contributed by atoms with Gasteiger partial charge in [0.2, 0.25) is 0 Å². The van der Waals surface area contributed by atoms with E-state index in [1.807, 2.05) is 0 Å². The van der Waals surface area contributed by atoms with Crippen LogP contribution in [0.2, 0.25) is 0 Å². The molecule has 3 unspecified atom stereocenters. The van der Waals surface area contributed by atoms with Crippen molar-refractivity contribution in [3.05, 3.63) is 40.9 Å². The lowest BCUT2D eigenvalue weighted by Gasteiger charge is -2.22. The predicted octanol–water partition coefficient (Wildman–Crippen LogP) is 5.42. The zero-order valence-electron chi connectivity index (χ0n) is 11.5. The second-order valence-electron chi connectivity index (χ2n) is 6.34. The van der Waals surface area contributed by atoms with E-state index in [4.69, 9.17) is 4.74 Å². The number of hydrogen-bond acceptors (Lipinski definition) is 1. The summed E-state index contributed by atoms with van der Waals surface area (Å²) < 4.78 is 7.23. The summed E-state index contributed by atoms with van der Waals surface area (Å²) in [6.07, 6.45) is 5.72. The maximum absolute atomic E-state index is 6.13. The topological polar surface area (TPSA) is 9.23 Å². The molecule has 0 radical (unpaired) electrons. The smallest absolute Gasteiger partial charge is 0.134 e. The summed E-state index contributed by atoms with van der Waals surface area (Å²) in [6, 6.07) is 12.7. The van der Waals surface area contributed by atoms with Gasteiger partial charge in [-0.05, 0) is 69.8 Å². The van der Waals surface area contributed by atoms with Gasteiger partial charge in [-0.2, -0.15) is 0 Å². The van der Waals surface area contributed by atoms with Crippen LogP contribution in [0.1, 0.15) is 25.7 Å². The maximum Gasteiger partial charge on any atom is 0.134 e. The molecule has 0 spiro atoms. The molecule has 0 aromatic heterocycles. The van der Waals surface area contributed by atoms with E-state index in [9.17, 15) is 0 Å². The molecule has 20 heavy (non-hydrogen) atoms. The summed E-state index contributed by atoms with van der Waals surface area (Å²) in [5, 5.41) is 2.49. The molecule has 0 N–H and O–H groups in total. The zero-order chi connectivity index (χ0) is 13.5. The number of hydrogen-bond donors (Lipinski definition) is 0. The van der Waals surface area contributed by atoms with Crippen LogP contribution in [0.15, 0.2) is 40.9 Å². The summed E-state index contributed by atoms with van der Waals surface area (Å²) in [5.41, 5.74) is 0. The second-order valence-corrected chi connectivity index (χ2v) is 7.14. The Hall–Kier alpha value is -1.02. The van der Waals surface area contributed by atoms with Crippen molar-refractivity contribution in [3.8, 4) is 5.75 Å². The fraction of sp³-hybridized carbons (Fsp3) is 0.444. The van der Waals surface area contributed by atoms with Gasteiger partial charge >= 0.3 is 0 Å². The maximum atomic E-state index is 6.13. The molecule has 4 rings (SSSR count). The lowest BCUT2D eigenvalue weighted by Crippen LogP contribution is -2.18. The monoisotopic (exact) mass is 330 g/mol. The van der Waals surface area contributed by atoms with Gasteiger partial charge in [0.15, 0.2) is 0 Å². The lowest BCUT2D eigenvalue weighted by atomic mass is 9.89. The average molecular weight is 331 g/mol. The largest absolute Gasteiger partial charge is 0.492 e. The van der Waals surface area contributed by atoms with Crippen LogP contribution in [0, 0.1) is 17.8 Å². The Kier molecular flexibility index (Phi) is 3.22. The summed E-state index contributed by atoms with van der Waals surface area (Å²) >= 11 is 3.71. The van der Waals surface area contributed by atoms with Crippen LogP contribution in [0.5, 0.6) is 5.75 Å². The quantitative estimate of drug-likeness (QED) is 0.730. The van der Waals surface area contributed by atoms with Crippen LogP contribution in [0.3, 0.4) is 0 Å². The van der Waals surface area contributed by atoms with Gasteiger partial charge < -0.3 is 4.74 Å². The minimum atomic E-state index is 0.784. The third-order valence-electron chi connectivity index (χ3n) is 5.17. The molecule has 2 aromatic rings. The van der Waals surface area contributed by atoms with E-state index >= 15 is 0 Å². The molecule has 2 aliphatic rings. The fourth-order valence-corrected chi connectivity index (χ4v) is 4.71. The molecule has 2 saturated carbocycles. The molecule has 2 bridgehead atoms. The highest BCUT2D eigenvalue weighted by Crippen LogP contribution is 2.48. The SMILES string of the molecule is Brc1c(OCC2CC3CCC2C3)ccc2ccccc12. The van der Waals surface area contributed by atoms with E-state index < -0.39 is 0 Å². The van der Waals surface area contributed by atoms with Gasteiger partial charge in [-0.1, -0.05) is 36.8 Å². The van der Waals surface area contributed by atoms with E-state index in [2.05, 4.69) is 52.3 Å². The van der Waals surface area contributed by atoms with Crippen LogP contribution in [-0.4, -0.2) is 6.61 Å². The van der Waals surface area contributed by atoms with Crippen LogP contribution in [-0.2, 0) is 0 Å². The van der Waals surface area contributed by atoms with Crippen LogP contribution < -0.4 is 4.74 Å². The Labute approximate surface area is 128 Å². The van der Waals surface area contributed by atoms with Crippen molar-refractivity contribution < 1.29 is 4.74 Å².